The number of hydrogen-bond donors (Lipinski definition) is 2. The normalized spacial score (nSPS) is 10.7. The fraction of sp³-hybridized carbons (Fsp3) is 0.263. The van der Waals surface area contributed by atoms with E-state index in [0.29, 0.717) is 22.4 Å². The molecule has 0 saturated heterocycles. The molecule has 0 aliphatic rings. The van der Waals surface area contributed by atoms with Crippen LogP contribution in [0.2, 0.25) is 0 Å². The van der Waals surface area contributed by atoms with Gasteiger partial charge in [0.2, 0.25) is 5.91 Å². The Morgan fingerprint density at radius 3 is 2.71 bits per heavy atom. The number of aliphatic hydroxyl groups is 1. The molecule has 0 unspecified atom stereocenters. The lowest BCUT2D eigenvalue weighted by molar-refractivity contribution is -0.114. The molecule has 0 bridgehead atoms. The fourth-order valence-corrected chi connectivity index (χ4v) is 4.57. The Balaban J connectivity index is 1.94. The second-order valence-corrected chi connectivity index (χ2v) is 7.95. The molecule has 7 nitrogen and oxygen atoms in total. The molecule has 0 spiro atoms. The standard InChI is InChI=1S/C19H20N4O3S2/c1-11-17(28-18(20-11)21-13(3)26)16-10-27-19(22-16)23(7-8-24)15-6-4-5-14(9-15)12(2)25/h4-6,9-10,24H,7-8H2,1-3H3,(H,20,21,26). The highest BCUT2D eigenvalue weighted by Gasteiger charge is 2.18. The van der Waals surface area contributed by atoms with Gasteiger partial charge in [-0.15, -0.1) is 11.3 Å². The molecule has 146 valence electrons. The third-order valence-corrected chi connectivity index (χ3v) is 5.88. The Hall–Kier alpha value is -2.62. The number of thiazole rings is 2. The van der Waals surface area contributed by atoms with E-state index < -0.39 is 0 Å². The van der Waals surface area contributed by atoms with Gasteiger partial charge in [-0.1, -0.05) is 23.5 Å². The van der Waals surface area contributed by atoms with E-state index in [0.717, 1.165) is 22.0 Å². The first kappa shape index (κ1) is 20.1. The van der Waals surface area contributed by atoms with Crippen LogP contribution < -0.4 is 10.2 Å². The molecule has 2 heterocycles. The summed E-state index contributed by atoms with van der Waals surface area (Å²) in [6.07, 6.45) is 0. The van der Waals surface area contributed by atoms with Crippen molar-refractivity contribution in [2.24, 2.45) is 0 Å². The molecule has 28 heavy (non-hydrogen) atoms. The van der Waals surface area contributed by atoms with Crippen LogP contribution >= 0.6 is 22.7 Å². The highest BCUT2D eigenvalue weighted by atomic mass is 32.1. The zero-order chi connectivity index (χ0) is 20.3. The number of carbonyl (C=O) groups excluding carboxylic acids is 2. The number of hydrogen-bond acceptors (Lipinski definition) is 8. The Morgan fingerprint density at radius 1 is 1.25 bits per heavy atom. The number of rotatable bonds is 7. The van der Waals surface area contributed by atoms with Crippen molar-refractivity contribution >= 4 is 50.3 Å². The molecule has 3 aromatic rings. The van der Waals surface area contributed by atoms with Crippen LogP contribution in [0.3, 0.4) is 0 Å². The highest BCUT2D eigenvalue weighted by molar-refractivity contribution is 7.20. The molecule has 2 aromatic heterocycles. The minimum absolute atomic E-state index is 0.0172. The van der Waals surface area contributed by atoms with Crippen LogP contribution in [0.5, 0.6) is 0 Å². The van der Waals surface area contributed by atoms with Gasteiger partial charge in [0.05, 0.1) is 22.9 Å². The summed E-state index contributed by atoms with van der Waals surface area (Å²) in [5.74, 6) is -0.185. The topological polar surface area (TPSA) is 95.4 Å². The molecule has 2 N–H and O–H groups in total. The SMILES string of the molecule is CC(=O)Nc1nc(C)c(-c2csc(N(CCO)c3cccc(C(C)=O)c3)n2)s1. The number of aromatic nitrogens is 2. The monoisotopic (exact) mass is 416 g/mol. The van der Waals surface area contributed by atoms with Crippen molar-refractivity contribution in [2.45, 2.75) is 20.8 Å². The number of nitrogens with one attached hydrogen (secondary N) is 1. The van der Waals surface area contributed by atoms with E-state index in [2.05, 4.69) is 10.3 Å². The Labute approximate surface area is 170 Å². The molecular weight excluding hydrogens is 396 g/mol. The molecular formula is C19H20N4O3S2. The molecule has 0 radical (unpaired) electrons. The first-order chi connectivity index (χ1) is 13.4. The Kier molecular flexibility index (Phi) is 6.18. The predicted molar refractivity (Wildman–Crippen MR) is 113 cm³/mol. The van der Waals surface area contributed by atoms with E-state index in [1.54, 1.807) is 12.1 Å². The van der Waals surface area contributed by atoms with Gasteiger partial charge in [-0.2, -0.15) is 0 Å². The lowest BCUT2D eigenvalue weighted by Crippen LogP contribution is -2.21. The van der Waals surface area contributed by atoms with Gasteiger partial charge in [0.25, 0.3) is 0 Å². The summed E-state index contributed by atoms with van der Waals surface area (Å²) < 4.78 is 0. The van der Waals surface area contributed by atoms with Gasteiger partial charge in [0, 0.05) is 30.1 Å². The summed E-state index contributed by atoms with van der Waals surface area (Å²) in [4.78, 5) is 34.8. The van der Waals surface area contributed by atoms with Crippen LogP contribution in [0.25, 0.3) is 10.6 Å². The molecule has 0 aliphatic heterocycles. The molecule has 0 saturated carbocycles. The smallest absolute Gasteiger partial charge is 0.223 e. The van der Waals surface area contributed by atoms with E-state index in [1.165, 1.54) is 36.5 Å². The second kappa shape index (κ2) is 8.59. The van der Waals surface area contributed by atoms with Crippen molar-refractivity contribution in [2.75, 3.05) is 23.4 Å². The van der Waals surface area contributed by atoms with Crippen molar-refractivity contribution in [3.8, 4) is 10.6 Å². The van der Waals surface area contributed by atoms with E-state index in [-0.39, 0.29) is 18.3 Å². The average molecular weight is 417 g/mol. The maximum Gasteiger partial charge on any atom is 0.223 e. The van der Waals surface area contributed by atoms with Crippen LogP contribution in [0.15, 0.2) is 29.6 Å². The summed E-state index contributed by atoms with van der Waals surface area (Å²) in [7, 11) is 0. The molecule has 0 atom stereocenters. The number of aryl methyl sites for hydroxylation is 1. The molecule has 0 aliphatic carbocycles. The Morgan fingerprint density at radius 2 is 2.04 bits per heavy atom. The van der Waals surface area contributed by atoms with E-state index in [4.69, 9.17) is 4.98 Å². The van der Waals surface area contributed by atoms with E-state index >= 15 is 0 Å². The van der Waals surface area contributed by atoms with Crippen LogP contribution in [0.1, 0.15) is 29.9 Å². The molecule has 3 rings (SSSR count). The number of amides is 1. The first-order valence-electron chi connectivity index (χ1n) is 8.59. The maximum absolute atomic E-state index is 11.7. The summed E-state index contributed by atoms with van der Waals surface area (Å²) >= 11 is 2.81. The van der Waals surface area contributed by atoms with Crippen molar-refractivity contribution in [1.82, 2.24) is 9.97 Å². The Bertz CT molecular complexity index is 1010. The van der Waals surface area contributed by atoms with Crippen molar-refractivity contribution in [1.29, 1.82) is 0 Å². The number of aliphatic hydroxyl groups excluding tert-OH is 1. The number of Topliss-reactive ketones (excluding diaryl/α,β-unsaturated/α-hetero) is 1. The summed E-state index contributed by atoms with van der Waals surface area (Å²) in [5, 5.41) is 15.4. The predicted octanol–water partition coefficient (Wildman–Crippen LogP) is 3.87. The van der Waals surface area contributed by atoms with Gasteiger partial charge in [-0.05, 0) is 26.0 Å². The molecule has 1 amide bonds. The molecule has 0 fully saturated rings. The van der Waals surface area contributed by atoms with Crippen LogP contribution in [-0.2, 0) is 4.79 Å². The zero-order valence-electron chi connectivity index (χ0n) is 15.7. The minimum atomic E-state index is -0.168. The lowest BCUT2D eigenvalue weighted by atomic mass is 10.1. The summed E-state index contributed by atoms with van der Waals surface area (Å²) in [6.45, 7) is 5.14. The summed E-state index contributed by atoms with van der Waals surface area (Å²) in [6, 6.07) is 7.26. The molecule has 9 heteroatoms. The highest BCUT2D eigenvalue weighted by Crippen LogP contribution is 2.37. The van der Waals surface area contributed by atoms with Gasteiger partial charge >= 0.3 is 0 Å². The van der Waals surface area contributed by atoms with E-state index in [1.807, 2.05) is 29.3 Å². The van der Waals surface area contributed by atoms with Crippen molar-refractivity contribution in [3.05, 3.63) is 40.9 Å². The minimum Gasteiger partial charge on any atom is -0.395 e. The number of benzene rings is 1. The van der Waals surface area contributed by atoms with Crippen LogP contribution in [-0.4, -0.2) is 39.9 Å². The maximum atomic E-state index is 11.7. The number of ketones is 1. The number of carbonyl (C=O) groups is 2. The van der Waals surface area contributed by atoms with Gasteiger partial charge in [-0.25, -0.2) is 9.97 Å². The van der Waals surface area contributed by atoms with Gasteiger partial charge < -0.3 is 15.3 Å². The largest absolute Gasteiger partial charge is 0.395 e. The lowest BCUT2D eigenvalue weighted by Gasteiger charge is -2.21. The van der Waals surface area contributed by atoms with Crippen LogP contribution in [0, 0.1) is 6.92 Å². The second-order valence-electron chi connectivity index (χ2n) is 6.11. The van der Waals surface area contributed by atoms with Gasteiger partial charge in [0.1, 0.15) is 0 Å². The summed E-state index contributed by atoms with van der Waals surface area (Å²) in [5.41, 5.74) is 2.95. The van der Waals surface area contributed by atoms with Crippen LogP contribution in [0.4, 0.5) is 16.0 Å². The third-order valence-electron chi connectivity index (χ3n) is 3.92. The number of nitrogens with zero attached hydrogens (tertiary/aromatic N) is 3. The first-order valence-corrected chi connectivity index (χ1v) is 10.3. The van der Waals surface area contributed by atoms with Gasteiger partial charge in [-0.3, -0.25) is 9.59 Å². The number of anilines is 3. The average Bonchev–Trinajstić information content (AvgIpc) is 3.25. The van der Waals surface area contributed by atoms with Gasteiger partial charge in [0.15, 0.2) is 16.0 Å². The van der Waals surface area contributed by atoms with Crippen molar-refractivity contribution < 1.29 is 14.7 Å². The van der Waals surface area contributed by atoms with E-state index in [9.17, 15) is 14.7 Å². The molecule has 1 aromatic carbocycles. The third kappa shape index (κ3) is 4.44. The van der Waals surface area contributed by atoms with Crippen molar-refractivity contribution in [3.63, 3.8) is 0 Å². The zero-order valence-corrected chi connectivity index (χ0v) is 17.4. The fourth-order valence-electron chi connectivity index (χ4n) is 2.66. The quantitative estimate of drug-likeness (QED) is 0.568.